The maximum Gasteiger partial charge on any atom is 0.416 e. The third-order valence-corrected chi connectivity index (χ3v) is 8.82. The molecule has 12 heteroatoms. The molecule has 49 heavy (non-hydrogen) atoms. The van der Waals surface area contributed by atoms with Crippen molar-refractivity contribution in [3.8, 4) is 11.5 Å². The lowest BCUT2D eigenvalue weighted by Gasteiger charge is -2.29. The Labute approximate surface area is 289 Å². The summed E-state index contributed by atoms with van der Waals surface area (Å²) in [6.07, 6.45) is 4.62. The van der Waals surface area contributed by atoms with Crippen molar-refractivity contribution in [2.75, 3.05) is 4.90 Å². The molecular weight excluding hydrogens is 706 g/mol. The number of amides is 1. The zero-order valence-corrected chi connectivity index (χ0v) is 28.1. The maximum atomic E-state index is 13.7. The van der Waals surface area contributed by atoms with Crippen LogP contribution in [0.4, 0.5) is 28.2 Å². The van der Waals surface area contributed by atoms with Crippen molar-refractivity contribution < 1.29 is 36.6 Å². The van der Waals surface area contributed by atoms with Gasteiger partial charge in [-0.3, -0.25) is 9.88 Å². The lowest BCUT2D eigenvalue weighted by Crippen LogP contribution is -2.35. The van der Waals surface area contributed by atoms with E-state index in [1.807, 2.05) is 74.5 Å². The molecule has 0 fully saturated rings. The van der Waals surface area contributed by atoms with Gasteiger partial charge in [-0.2, -0.15) is 17.6 Å². The highest BCUT2D eigenvalue weighted by Gasteiger charge is 2.28. The quantitative estimate of drug-likeness (QED) is 0.112. The zero-order chi connectivity index (χ0) is 34.9. The summed E-state index contributed by atoms with van der Waals surface area (Å²) in [5.41, 5.74) is 4.68. The van der Waals surface area contributed by atoms with Gasteiger partial charge in [-0.25, -0.2) is 9.78 Å². The molecule has 0 radical (unpaired) electrons. The molecule has 2 heterocycles. The molecule has 0 aliphatic carbocycles. The van der Waals surface area contributed by atoms with Gasteiger partial charge in [-0.05, 0) is 90.0 Å². The summed E-state index contributed by atoms with van der Waals surface area (Å²) < 4.78 is 68.3. The van der Waals surface area contributed by atoms with Crippen molar-refractivity contribution in [1.29, 1.82) is 0 Å². The van der Waals surface area contributed by atoms with Gasteiger partial charge >= 0.3 is 19.3 Å². The Kier molecular flexibility index (Phi) is 11.8. The van der Waals surface area contributed by atoms with Gasteiger partial charge in [0.05, 0.1) is 6.04 Å². The number of pyridine rings is 2. The predicted molar refractivity (Wildman–Crippen MR) is 180 cm³/mol. The van der Waals surface area contributed by atoms with Crippen LogP contribution in [-0.2, 0) is 17.8 Å². The Balaban J connectivity index is 1.52. The van der Waals surface area contributed by atoms with Crippen LogP contribution in [0.2, 0.25) is 0 Å². The molecule has 2 unspecified atom stereocenters. The van der Waals surface area contributed by atoms with Crippen LogP contribution >= 0.6 is 15.9 Å². The highest BCUT2D eigenvalue weighted by atomic mass is 79.9. The molecule has 2 atom stereocenters. The maximum absolute atomic E-state index is 13.7. The minimum Gasteiger partial charge on any atom is -0.444 e. The second-order valence-electron chi connectivity index (χ2n) is 11.1. The van der Waals surface area contributed by atoms with E-state index in [0.29, 0.717) is 23.4 Å². The molecule has 0 spiro atoms. The van der Waals surface area contributed by atoms with Gasteiger partial charge in [0.25, 0.3) is 0 Å². The molecule has 0 N–H and O–H groups in total. The number of alkyl halides is 4. The molecule has 3 aromatic carbocycles. The molecule has 5 rings (SSSR count). The van der Waals surface area contributed by atoms with E-state index >= 15 is 0 Å². The van der Waals surface area contributed by atoms with E-state index in [-0.39, 0.29) is 6.61 Å². The number of carbonyl (C=O) groups excluding carboxylic acids is 1. The lowest BCUT2D eigenvalue weighted by atomic mass is 9.86. The van der Waals surface area contributed by atoms with E-state index in [0.717, 1.165) is 26.7 Å². The summed E-state index contributed by atoms with van der Waals surface area (Å²) >= 11 is 3.58. The number of nitrogens with zero attached hydrogens (tertiary/aromatic N) is 3. The molecular formula is C37H32BrF4N3O4. The normalized spacial score (nSPS) is 12.4. The van der Waals surface area contributed by atoms with Gasteiger partial charge in [-0.1, -0.05) is 70.5 Å². The third kappa shape index (κ3) is 9.14. The minimum atomic E-state index is -3.27. The first-order valence-electron chi connectivity index (χ1n) is 15.2. The van der Waals surface area contributed by atoms with Gasteiger partial charge in [0, 0.05) is 29.0 Å². The molecule has 0 aliphatic rings. The topological polar surface area (TPSA) is 73.8 Å². The number of hydrogen-bond acceptors (Lipinski definition) is 6. The fraction of sp³-hybridized carbons (Fsp3) is 0.216. The summed E-state index contributed by atoms with van der Waals surface area (Å²) in [7, 11) is 0. The van der Waals surface area contributed by atoms with Crippen LogP contribution < -0.4 is 14.4 Å². The van der Waals surface area contributed by atoms with Gasteiger partial charge in [0.1, 0.15) is 12.4 Å². The van der Waals surface area contributed by atoms with E-state index in [1.165, 1.54) is 23.1 Å². The Morgan fingerprint density at radius 2 is 1.51 bits per heavy atom. The average molecular weight is 739 g/mol. The molecule has 0 bridgehead atoms. The van der Waals surface area contributed by atoms with Crippen molar-refractivity contribution in [3.05, 3.63) is 147 Å². The number of benzene rings is 3. The number of anilines is 1. The average Bonchev–Trinajstić information content (AvgIpc) is 3.09. The Morgan fingerprint density at radius 1 is 0.816 bits per heavy atom. The number of ether oxygens (including phenoxy) is 3. The van der Waals surface area contributed by atoms with E-state index in [2.05, 4.69) is 30.4 Å². The summed E-state index contributed by atoms with van der Waals surface area (Å²) in [6, 6.07) is 25.6. The highest BCUT2D eigenvalue weighted by Crippen LogP contribution is 2.38. The van der Waals surface area contributed by atoms with Gasteiger partial charge in [0.15, 0.2) is 11.5 Å². The predicted octanol–water partition coefficient (Wildman–Crippen LogP) is 10.0. The van der Waals surface area contributed by atoms with Crippen LogP contribution in [0.5, 0.6) is 11.5 Å². The standard InChI is InChI=1S/C37H32BrF4N3O4/c1-23-29(9-6-10-31(23)38)24(2)45(37(46)47-22-26-7-4-3-5-8-26)34-14-12-28(21-44-34)30(19-25-15-17-43-18-16-25)27-11-13-32(48-35(39)40)33(20-27)49-36(41)42/h3-18,20-21,24,30,35-36H,19,22H2,1-2H3. The van der Waals surface area contributed by atoms with Gasteiger partial charge in [0.2, 0.25) is 0 Å². The first kappa shape index (κ1) is 35.3. The van der Waals surface area contributed by atoms with Crippen LogP contribution in [0.25, 0.3) is 0 Å². The molecule has 0 saturated carbocycles. The van der Waals surface area contributed by atoms with Crippen LogP contribution in [0.1, 0.15) is 52.3 Å². The van der Waals surface area contributed by atoms with Crippen molar-refractivity contribution in [2.45, 2.75) is 52.1 Å². The van der Waals surface area contributed by atoms with Crippen LogP contribution in [-0.4, -0.2) is 29.3 Å². The van der Waals surface area contributed by atoms with Crippen LogP contribution in [0.3, 0.4) is 0 Å². The minimum absolute atomic E-state index is 0.0563. The summed E-state index contributed by atoms with van der Waals surface area (Å²) in [5.74, 6) is -1.22. The van der Waals surface area contributed by atoms with Crippen LogP contribution in [0, 0.1) is 6.92 Å². The largest absolute Gasteiger partial charge is 0.444 e. The van der Waals surface area contributed by atoms with E-state index in [4.69, 9.17) is 9.72 Å². The number of rotatable bonds is 13. The van der Waals surface area contributed by atoms with Gasteiger partial charge in [-0.15, -0.1) is 0 Å². The van der Waals surface area contributed by atoms with Crippen molar-refractivity contribution >= 4 is 27.8 Å². The molecule has 0 aliphatic heterocycles. The molecule has 1 amide bonds. The van der Waals surface area contributed by atoms with Crippen molar-refractivity contribution in [1.82, 2.24) is 9.97 Å². The molecule has 0 saturated heterocycles. The van der Waals surface area contributed by atoms with E-state index in [9.17, 15) is 22.4 Å². The SMILES string of the molecule is Cc1c(Br)cccc1C(C)N(C(=O)OCc1ccccc1)c1ccc(C(Cc2ccncc2)c2ccc(OC(F)F)c(OC(F)F)c2)cn1. The number of halogens is 5. The van der Waals surface area contributed by atoms with Gasteiger partial charge < -0.3 is 14.2 Å². The number of carbonyl (C=O) groups is 1. The first-order chi connectivity index (χ1) is 23.6. The Bertz CT molecular complexity index is 1830. The monoisotopic (exact) mass is 737 g/mol. The number of hydrogen-bond donors (Lipinski definition) is 0. The van der Waals surface area contributed by atoms with Crippen molar-refractivity contribution in [2.24, 2.45) is 0 Å². The second kappa shape index (κ2) is 16.4. The first-order valence-corrected chi connectivity index (χ1v) is 16.0. The lowest BCUT2D eigenvalue weighted by molar-refractivity contribution is -0.0692. The number of aromatic nitrogens is 2. The second-order valence-corrected chi connectivity index (χ2v) is 11.9. The molecule has 254 valence electrons. The molecule has 5 aromatic rings. The summed E-state index contributed by atoms with van der Waals surface area (Å²) in [6.45, 7) is -2.61. The Morgan fingerprint density at radius 3 is 2.18 bits per heavy atom. The Hall–Kier alpha value is -4.97. The molecule has 2 aromatic heterocycles. The third-order valence-electron chi connectivity index (χ3n) is 7.96. The fourth-order valence-electron chi connectivity index (χ4n) is 5.51. The zero-order valence-electron chi connectivity index (χ0n) is 26.5. The molecule has 7 nitrogen and oxygen atoms in total. The summed E-state index contributed by atoms with van der Waals surface area (Å²) in [4.78, 5) is 24.0. The fourth-order valence-corrected chi connectivity index (χ4v) is 5.89. The highest BCUT2D eigenvalue weighted by molar-refractivity contribution is 9.10. The summed E-state index contributed by atoms with van der Waals surface area (Å²) in [5, 5.41) is 0. The van der Waals surface area contributed by atoms with Crippen molar-refractivity contribution in [3.63, 3.8) is 0 Å². The smallest absolute Gasteiger partial charge is 0.416 e. The van der Waals surface area contributed by atoms with Crippen LogP contribution in [0.15, 0.2) is 114 Å². The van der Waals surface area contributed by atoms with E-state index < -0.39 is 42.8 Å². The van der Waals surface area contributed by atoms with E-state index in [1.54, 1.807) is 30.7 Å².